The van der Waals surface area contributed by atoms with Crippen molar-refractivity contribution in [1.29, 1.82) is 0 Å². The van der Waals surface area contributed by atoms with Gasteiger partial charge >= 0.3 is 5.97 Å². The Bertz CT molecular complexity index is 706. The molecule has 1 N–H and O–H groups in total. The molecule has 0 unspecified atom stereocenters. The number of fused-ring (bicyclic) bond motifs is 1. The van der Waals surface area contributed by atoms with Gasteiger partial charge in [0.15, 0.2) is 0 Å². The van der Waals surface area contributed by atoms with E-state index in [4.69, 9.17) is 5.11 Å². The summed E-state index contributed by atoms with van der Waals surface area (Å²) >= 11 is 0. The fourth-order valence-electron chi connectivity index (χ4n) is 3.05. The molecule has 0 saturated heterocycles. The molecular formula is C18H19NO2. The van der Waals surface area contributed by atoms with E-state index >= 15 is 0 Å². The van der Waals surface area contributed by atoms with Crippen molar-refractivity contribution in [2.24, 2.45) is 0 Å². The van der Waals surface area contributed by atoms with Crippen LogP contribution < -0.4 is 4.90 Å². The fraction of sp³-hybridized carbons (Fsp3) is 0.278. The molecule has 1 aliphatic rings. The van der Waals surface area contributed by atoms with Gasteiger partial charge in [0.05, 0.1) is 5.56 Å². The normalized spacial score (nSPS) is 13.9. The minimum Gasteiger partial charge on any atom is -0.478 e. The van der Waals surface area contributed by atoms with Crippen molar-refractivity contribution >= 4 is 17.3 Å². The summed E-state index contributed by atoms with van der Waals surface area (Å²) in [5.74, 6) is -0.867. The summed E-state index contributed by atoms with van der Waals surface area (Å²) in [7, 11) is 0. The third-order valence-corrected chi connectivity index (χ3v) is 4.11. The van der Waals surface area contributed by atoms with E-state index in [1.165, 1.54) is 16.8 Å². The van der Waals surface area contributed by atoms with Gasteiger partial charge in [0.2, 0.25) is 0 Å². The molecule has 0 aliphatic carbocycles. The van der Waals surface area contributed by atoms with Crippen LogP contribution in [0.25, 0.3) is 0 Å². The second-order valence-corrected chi connectivity index (χ2v) is 5.69. The summed E-state index contributed by atoms with van der Waals surface area (Å²) in [6.45, 7) is 4.94. The third-order valence-electron chi connectivity index (χ3n) is 4.11. The first kappa shape index (κ1) is 13.7. The predicted octanol–water partition coefficient (Wildman–Crippen LogP) is 4.09. The summed E-state index contributed by atoms with van der Waals surface area (Å²) in [6.07, 6.45) is 2.23. The summed E-state index contributed by atoms with van der Waals surface area (Å²) in [5.41, 5.74) is 6.16. The van der Waals surface area contributed by atoms with Crippen molar-refractivity contribution in [3.63, 3.8) is 0 Å². The number of aryl methyl sites for hydroxylation is 3. The topological polar surface area (TPSA) is 40.5 Å². The molecule has 1 heterocycles. The Labute approximate surface area is 124 Å². The molecule has 0 aromatic heterocycles. The number of hydrogen-bond donors (Lipinski definition) is 1. The van der Waals surface area contributed by atoms with Gasteiger partial charge in [0.25, 0.3) is 0 Å². The first-order valence-electron chi connectivity index (χ1n) is 7.27. The van der Waals surface area contributed by atoms with Crippen LogP contribution in [-0.2, 0) is 6.42 Å². The van der Waals surface area contributed by atoms with Gasteiger partial charge in [-0.2, -0.15) is 0 Å². The number of hydrogen-bond acceptors (Lipinski definition) is 2. The van der Waals surface area contributed by atoms with Gasteiger partial charge in [-0.25, -0.2) is 4.79 Å². The molecular weight excluding hydrogens is 262 g/mol. The lowest BCUT2D eigenvalue weighted by molar-refractivity contribution is 0.0696. The third kappa shape index (κ3) is 2.51. The van der Waals surface area contributed by atoms with Crippen LogP contribution in [0.3, 0.4) is 0 Å². The standard InChI is InChI=1S/C18H19NO2/c1-12-5-8-17-14(10-12)4-3-9-19(17)15-6-7-16(18(20)21)13(2)11-15/h5-8,10-11H,3-4,9H2,1-2H3,(H,20,21). The highest BCUT2D eigenvalue weighted by Gasteiger charge is 2.19. The molecule has 0 fully saturated rings. The predicted molar refractivity (Wildman–Crippen MR) is 84.6 cm³/mol. The maximum atomic E-state index is 11.1. The Morgan fingerprint density at radius 2 is 1.95 bits per heavy atom. The number of carbonyl (C=O) groups is 1. The van der Waals surface area contributed by atoms with Crippen LogP contribution in [0.5, 0.6) is 0 Å². The van der Waals surface area contributed by atoms with Crippen LogP contribution in [0.15, 0.2) is 36.4 Å². The van der Waals surface area contributed by atoms with Crippen molar-refractivity contribution in [1.82, 2.24) is 0 Å². The summed E-state index contributed by atoms with van der Waals surface area (Å²) in [5, 5.41) is 9.14. The number of aromatic carboxylic acids is 1. The van der Waals surface area contributed by atoms with Gasteiger partial charge in [-0.3, -0.25) is 0 Å². The van der Waals surface area contributed by atoms with Crippen molar-refractivity contribution in [2.45, 2.75) is 26.7 Å². The van der Waals surface area contributed by atoms with Crippen LogP contribution in [0.4, 0.5) is 11.4 Å². The Hall–Kier alpha value is -2.29. The molecule has 1 aliphatic heterocycles. The SMILES string of the molecule is Cc1ccc2c(c1)CCCN2c1ccc(C(=O)O)c(C)c1. The van der Waals surface area contributed by atoms with E-state index in [2.05, 4.69) is 30.0 Å². The fourth-order valence-corrected chi connectivity index (χ4v) is 3.05. The van der Waals surface area contributed by atoms with Crippen molar-refractivity contribution in [2.75, 3.05) is 11.4 Å². The monoisotopic (exact) mass is 281 g/mol. The maximum Gasteiger partial charge on any atom is 0.335 e. The number of anilines is 2. The minimum atomic E-state index is -0.867. The van der Waals surface area contributed by atoms with E-state index in [0.29, 0.717) is 5.56 Å². The number of carboxylic acid groups (broad SMARTS) is 1. The first-order valence-corrected chi connectivity index (χ1v) is 7.27. The molecule has 0 atom stereocenters. The van der Waals surface area contributed by atoms with Gasteiger partial charge in [-0.15, -0.1) is 0 Å². The molecule has 3 heteroatoms. The zero-order valence-electron chi connectivity index (χ0n) is 12.4. The molecule has 0 radical (unpaired) electrons. The molecule has 2 aromatic carbocycles. The quantitative estimate of drug-likeness (QED) is 0.901. The molecule has 2 aromatic rings. The maximum absolute atomic E-state index is 11.1. The first-order chi connectivity index (χ1) is 10.1. The van der Waals surface area contributed by atoms with Gasteiger partial charge in [0.1, 0.15) is 0 Å². The van der Waals surface area contributed by atoms with E-state index in [0.717, 1.165) is 30.6 Å². The Kier molecular flexibility index (Phi) is 3.42. The van der Waals surface area contributed by atoms with Crippen LogP contribution >= 0.6 is 0 Å². The van der Waals surface area contributed by atoms with Crippen LogP contribution in [0.2, 0.25) is 0 Å². The lowest BCUT2D eigenvalue weighted by Gasteiger charge is -2.32. The molecule has 3 nitrogen and oxygen atoms in total. The van der Waals surface area contributed by atoms with Gasteiger partial charge in [0, 0.05) is 17.9 Å². The van der Waals surface area contributed by atoms with E-state index < -0.39 is 5.97 Å². The average Bonchev–Trinajstić information content (AvgIpc) is 2.45. The van der Waals surface area contributed by atoms with E-state index in [9.17, 15) is 4.79 Å². The van der Waals surface area contributed by atoms with Gasteiger partial charge in [-0.05, 0) is 62.1 Å². The molecule has 3 rings (SSSR count). The van der Waals surface area contributed by atoms with Crippen LogP contribution in [0.1, 0.15) is 33.5 Å². The number of benzene rings is 2. The molecule has 0 spiro atoms. The zero-order valence-corrected chi connectivity index (χ0v) is 12.4. The molecule has 0 saturated carbocycles. The van der Waals surface area contributed by atoms with E-state index in [1.807, 2.05) is 19.1 Å². The summed E-state index contributed by atoms with van der Waals surface area (Å²) < 4.78 is 0. The van der Waals surface area contributed by atoms with Crippen molar-refractivity contribution in [3.8, 4) is 0 Å². The smallest absolute Gasteiger partial charge is 0.335 e. The van der Waals surface area contributed by atoms with Gasteiger partial charge < -0.3 is 10.0 Å². The van der Waals surface area contributed by atoms with E-state index in [-0.39, 0.29) is 0 Å². The minimum absolute atomic E-state index is 0.375. The highest BCUT2D eigenvalue weighted by molar-refractivity contribution is 5.90. The molecule has 21 heavy (non-hydrogen) atoms. The van der Waals surface area contributed by atoms with Crippen molar-refractivity contribution < 1.29 is 9.90 Å². The summed E-state index contributed by atoms with van der Waals surface area (Å²) in [6, 6.07) is 12.1. The number of rotatable bonds is 2. The highest BCUT2D eigenvalue weighted by atomic mass is 16.4. The molecule has 0 bridgehead atoms. The van der Waals surface area contributed by atoms with Crippen LogP contribution in [0, 0.1) is 13.8 Å². The largest absolute Gasteiger partial charge is 0.478 e. The Morgan fingerprint density at radius 1 is 1.14 bits per heavy atom. The average molecular weight is 281 g/mol. The lowest BCUT2D eigenvalue weighted by Crippen LogP contribution is -2.24. The Morgan fingerprint density at radius 3 is 2.67 bits per heavy atom. The van der Waals surface area contributed by atoms with Crippen molar-refractivity contribution in [3.05, 3.63) is 58.7 Å². The zero-order chi connectivity index (χ0) is 15.0. The number of nitrogens with zero attached hydrogens (tertiary/aromatic N) is 1. The number of carboxylic acids is 1. The highest BCUT2D eigenvalue weighted by Crippen LogP contribution is 2.34. The molecule has 0 amide bonds. The Balaban J connectivity index is 2.03. The second kappa shape index (κ2) is 5.24. The summed E-state index contributed by atoms with van der Waals surface area (Å²) in [4.78, 5) is 13.4. The lowest BCUT2D eigenvalue weighted by atomic mass is 9.98. The van der Waals surface area contributed by atoms with E-state index in [1.54, 1.807) is 6.07 Å². The molecule has 108 valence electrons. The van der Waals surface area contributed by atoms with Gasteiger partial charge in [-0.1, -0.05) is 17.7 Å². The van der Waals surface area contributed by atoms with Crippen LogP contribution in [-0.4, -0.2) is 17.6 Å². The second-order valence-electron chi connectivity index (χ2n) is 5.69.